The second-order valence-corrected chi connectivity index (χ2v) is 16.2. The Morgan fingerprint density at radius 1 is 1.12 bits per heavy atom. The highest BCUT2D eigenvalue weighted by atomic mass is 28.3. The van der Waals surface area contributed by atoms with Crippen LogP contribution in [0.2, 0.25) is 39.3 Å². The fourth-order valence-electron chi connectivity index (χ4n) is 1.83. The first-order chi connectivity index (χ1) is 7.57. The molecule has 96 valence electrons. The summed E-state index contributed by atoms with van der Waals surface area (Å²) in [7, 11) is -3.51. The molecule has 0 saturated heterocycles. The number of aromatic nitrogens is 2. The molecule has 4 nitrogen and oxygen atoms in total. The molecule has 1 aromatic rings. The summed E-state index contributed by atoms with van der Waals surface area (Å²) in [6.45, 7) is 12.7. The molecule has 0 aromatic carbocycles. The van der Waals surface area contributed by atoms with E-state index in [1.165, 1.54) is 0 Å². The predicted molar refractivity (Wildman–Crippen MR) is 75.5 cm³/mol. The summed E-state index contributed by atoms with van der Waals surface area (Å²) in [6.07, 6.45) is 0. The van der Waals surface area contributed by atoms with Crippen molar-refractivity contribution in [1.29, 1.82) is 0 Å². The van der Waals surface area contributed by atoms with Gasteiger partial charge in [0.1, 0.15) is 0 Å². The van der Waals surface area contributed by atoms with Gasteiger partial charge < -0.3 is 4.98 Å². The van der Waals surface area contributed by atoms with Crippen LogP contribution in [0.1, 0.15) is 0 Å². The first kappa shape index (κ1) is 14.1. The monoisotopic (exact) mass is 273 g/mol. The number of nitrogens with one attached hydrogen (secondary N) is 2. The van der Waals surface area contributed by atoms with Gasteiger partial charge in [0.2, 0.25) is 0 Å². The molecule has 0 spiro atoms. The molecule has 0 atom stereocenters. The molecule has 1 heterocycles. The molecule has 0 unspecified atom stereocenters. The van der Waals surface area contributed by atoms with Crippen molar-refractivity contribution in [1.82, 2.24) is 9.97 Å². The van der Waals surface area contributed by atoms with Crippen molar-refractivity contribution in [2.45, 2.75) is 39.3 Å². The van der Waals surface area contributed by atoms with Crippen LogP contribution in [-0.2, 0) is 0 Å². The molecule has 0 amide bonds. The largest absolute Gasteiger partial charge is 0.346 e. The average molecular weight is 273 g/mol. The lowest BCUT2D eigenvalue weighted by atomic mass is 10.6. The molecule has 7 heteroatoms. The van der Waals surface area contributed by atoms with Crippen molar-refractivity contribution in [3.63, 3.8) is 0 Å². The van der Waals surface area contributed by atoms with Crippen molar-refractivity contribution >= 4 is 32.5 Å². The Morgan fingerprint density at radius 2 is 1.65 bits per heavy atom. The number of hydrogen-bond acceptors (Lipinski definition) is 3. The molecule has 0 bridgehead atoms. The predicted octanol–water partition coefficient (Wildman–Crippen LogP) is 1.16. The molecule has 1 rings (SSSR count). The Morgan fingerprint density at radius 3 is 2.00 bits per heavy atom. The van der Waals surface area contributed by atoms with Crippen LogP contribution >= 0.6 is 0 Å². The van der Waals surface area contributed by atoms with Crippen molar-refractivity contribution in [2.75, 3.05) is 5.54 Å². The molecular formula is C10H20FN3OSi2. The van der Waals surface area contributed by atoms with Crippen LogP contribution < -0.4 is 21.7 Å². The maximum absolute atomic E-state index is 12.8. The fourth-order valence-corrected chi connectivity index (χ4v) is 7.06. The first-order valence-corrected chi connectivity index (χ1v) is 12.6. The molecule has 0 aliphatic carbocycles. The van der Waals surface area contributed by atoms with E-state index in [9.17, 15) is 9.28 Å². The zero-order chi connectivity index (χ0) is 13.4. The van der Waals surface area contributed by atoms with E-state index in [0.29, 0.717) is 0 Å². The van der Waals surface area contributed by atoms with Gasteiger partial charge in [-0.2, -0.15) is 4.98 Å². The number of H-pyrrole nitrogens is 1. The topological polar surface area (TPSA) is 57.8 Å². The van der Waals surface area contributed by atoms with Gasteiger partial charge in [0.15, 0.2) is 5.82 Å². The molecule has 0 radical (unpaired) electrons. The summed E-state index contributed by atoms with van der Waals surface area (Å²) in [5, 5.41) is 1.82. The van der Waals surface area contributed by atoms with Crippen LogP contribution in [-0.4, -0.2) is 26.1 Å². The van der Waals surface area contributed by atoms with Gasteiger partial charge >= 0.3 is 5.69 Å². The lowest BCUT2D eigenvalue weighted by molar-refractivity contribution is 0.611. The normalized spacial score (nSPS) is 12.6. The third-order valence-electron chi connectivity index (χ3n) is 2.52. The number of nitrogens with zero attached hydrogens (tertiary/aromatic N) is 1. The summed E-state index contributed by atoms with van der Waals surface area (Å²) in [4.78, 5) is 18.0. The number of hydrogen-bond donors (Lipinski definition) is 2. The minimum atomic E-state index is -1.78. The minimum absolute atomic E-state index is 0.102. The quantitative estimate of drug-likeness (QED) is 0.642. The average Bonchev–Trinajstić information content (AvgIpc) is 2.12. The van der Waals surface area contributed by atoms with Crippen molar-refractivity contribution < 1.29 is 4.48 Å². The van der Waals surface area contributed by atoms with Crippen LogP contribution in [0.3, 0.4) is 0 Å². The van der Waals surface area contributed by atoms with E-state index in [-0.39, 0.29) is 5.82 Å². The number of anilines is 1. The van der Waals surface area contributed by atoms with Crippen LogP contribution in [0, 0.1) is 0 Å². The molecule has 0 aliphatic heterocycles. The van der Waals surface area contributed by atoms with E-state index in [2.05, 4.69) is 49.3 Å². The summed E-state index contributed by atoms with van der Waals surface area (Å²) in [5.41, 5.74) is 1.10. The number of halogens is 1. The summed E-state index contributed by atoms with van der Waals surface area (Å²) in [5.74, 6) is 0.102. The fraction of sp³-hybridized carbons (Fsp3) is 0.600. The highest BCUT2D eigenvalue weighted by molar-refractivity contribution is 6.98. The summed E-state index contributed by atoms with van der Waals surface area (Å²) < 4.78 is 12.8. The van der Waals surface area contributed by atoms with Crippen LogP contribution in [0.25, 0.3) is 0 Å². The van der Waals surface area contributed by atoms with E-state index in [4.69, 9.17) is 0 Å². The van der Waals surface area contributed by atoms with Gasteiger partial charge in [-0.15, -0.1) is 4.48 Å². The highest BCUT2D eigenvalue weighted by Crippen LogP contribution is 2.09. The van der Waals surface area contributed by atoms with E-state index < -0.39 is 21.8 Å². The molecule has 0 saturated carbocycles. The van der Waals surface area contributed by atoms with Gasteiger partial charge in [-0.05, 0) is 5.19 Å². The second-order valence-electron chi connectivity index (χ2n) is 6.24. The lowest BCUT2D eigenvalue weighted by Crippen LogP contribution is -2.60. The molecule has 1 aromatic heterocycles. The van der Waals surface area contributed by atoms with Crippen LogP contribution in [0.15, 0.2) is 4.79 Å². The third kappa shape index (κ3) is 3.03. The minimum Gasteiger partial charge on any atom is -0.314 e. The number of rotatable bonds is 3. The van der Waals surface area contributed by atoms with E-state index in [1.54, 1.807) is 5.54 Å². The van der Waals surface area contributed by atoms with Crippen LogP contribution in [0.5, 0.6) is 0 Å². The molecular weight excluding hydrogens is 253 g/mol. The van der Waals surface area contributed by atoms with Gasteiger partial charge in [-0.1, -0.05) is 39.3 Å². The van der Waals surface area contributed by atoms with Crippen molar-refractivity contribution in [3.8, 4) is 0 Å². The van der Waals surface area contributed by atoms with Crippen molar-refractivity contribution in [3.05, 3.63) is 10.5 Å². The zero-order valence-corrected chi connectivity index (χ0v) is 13.2. The SMILES string of the molecule is C[Si](C)(C)c1[nH]c(=O)nc(NF)c1[Si](C)(C)C. The summed E-state index contributed by atoms with van der Waals surface area (Å²) in [6, 6.07) is 0. The molecule has 0 aliphatic rings. The Bertz CT molecular complexity index is 474. The standard InChI is InChI=1S/C10H20FN3OSi2/c1-16(2,3)7-8(14-11)12-10(15)13-9(7)17(4,5)6/h1-6H3,(H2,12,13,14,15). The Balaban J connectivity index is 3.69. The van der Waals surface area contributed by atoms with Gasteiger partial charge in [-0.3, -0.25) is 0 Å². The van der Waals surface area contributed by atoms with Gasteiger partial charge in [-0.25, -0.2) is 10.3 Å². The van der Waals surface area contributed by atoms with Crippen molar-refractivity contribution in [2.24, 2.45) is 0 Å². The van der Waals surface area contributed by atoms with Gasteiger partial charge in [0.25, 0.3) is 0 Å². The van der Waals surface area contributed by atoms with Gasteiger partial charge in [0, 0.05) is 5.32 Å². The number of aromatic amines is 1. The molecule has 17 heavy (non-hydrogen) atoms. The van der Waals surface area contributed by atoms with E-state index >= 15 is 0 Å². The Kier molecular flexibility index (Phi) is 3.63. The maximum Gasteiger partial charge on any atom is 0.346 e. The smallest absolute Gasteiger partial charge is 0.314 e. The van der Waals surface area contributed by atoms with E-state index in [1.807, 2.05) is 0 Å². The Labute approximate surface area is 103 Å². The first-order valence-electron chi connectivity index (χ1n) is 5.59. The second kappa shape index (κ2) is 4.37. The van der Waals surface area contributed by atoms with Crippen LogP contribution in [0.4, 0.5) is 10.3 Å². The van der Waals surface area contributed by atoms with Gasteiger partial charge in [0.05, 0.1) is 16.1 Å². The molecule has 0 fully saturated rings. The third-order valence-corrected chi connectivity index (χ3v) is 6.63. The maximum atomic E-state index is 12.8. The molecule has 2 N–H and O–H groups in total. The Hall–Kier alpha value is -0.956. The van der Waals surface area contributed by atoms with E-state index in [0.717, 1.165) is 10.5 Å². The summed E-state index contributed by atoms with van der Waals surface area (Å²) >= 11 is 0. The lowest BCUT2D eigenvalue weighted by Gasteiger charge is -2.27. The zero-order valence-electron chi connectivity index (χ0n) is 11.2. The highest BCUT2D eigenvalue weighted by Gasteiger charge is 2.32.